The molecular formula is C18H24N4O2S. The number of aryl methyl sites for hydroxylation is 1. The van der Waals surface area contributed by atoms with Crippen molar-refractivity contribution < 1.29 is 9.32 Å². The summed E-state index contributed by atoms with van der Waals surface area (Å²) in [7, 11) is -1.01. The SMILES string of the molecule is CCS(=O)Cc1nc2c(N)nc3cc(C)ccc3c2n1CC(C)(C)O. The predicted octanol–water partition coefficient (Wildman–Crippen LogP) is 2.51. The van der Waals surface area contributed by atoms with Gasteiger partial charge in [0.2, 0.25) is 0 Å². The average Bonchev–Trinajstić information content (AvgIpc) is 2.84. The molecule has 3 rings (SSSR count). The lowest BCUT2D eigenvalue weighted by Gasteiger charge is -2.20. The number of pyridine rings is 1. The maximum absolute atomic E-state index is 12.1. The van der Waals surface area contributed by atoms with Gasteiger partial charge in [-0.15, -0.1) is 0 Å². The van der Waals surface area contributed by atoms with E-state index in [1.54, 1.807) is 13.8 Å². The second-order valence-electron chi connectivity index (χ2n) is 7.01. The van der Waals surface area contributed by atoms with E-state index >= 15 is 0 Å². The Balaban J connectivity index is 2.36. The first kappa shape index (κ1) is 17.8. The number of nitrogens with two attached hydrogens (primary N) is 1. The van der Waals surface area contributed by atoms with Crippen molar-refractivity contribution in [3.63, 3.8) is 0 Å². The molecule has 1 atom stereocenters. The number of hydrogen-bond acceptors (Lipinski definition) is 5. The summed E-state index contributed by atoms with van der Waals surface area (Å²) in [5.41, 5.74) is 8.55. The molecule has 3 aromatic rings. The Labute approximate surface area is 149 Å². The van der Waals surface area contributed by atoms with Gasteiger partial charge < -0.3 is 15.4 Å². The van der Waals surface area contributed by atoms with E-state index in [2.05, 4.69) is 9.97 Å². The van der Waals surface area contributed by atoms with Gasteiger partial charge >= 0.3 is 0 Å². The lowest BCUT2D eigenvalue weighted by atomic mass is 10.1. The van der Waals surface area contributed by atoms with Crippen LogP contribution >= 0.6 is 0 Å². The summed E-state index contributed by atoms with van der Waals surface area (Å²) in [6.07, 6.45) is 0. The van der Waals surface area contributed by atoms with Gasteiger partial charge in [-0.05, 0) is 32.4 Å². The van der Waals surface area contributed by atoms with Gasteiger partial charge in [0, 0.05) is 21.9 Å². The van der Waals surface area contributed by atoms with Crippen LogP contribution in [0.15, 0.2) is 18.2 Å². The van der Waals surface area contributed by atoms with E-state index in [1.807, 2.05) is 36.6 Å². The van der Waals surface area contributed by atoms with E-state index in [9.17, 15) is 9.32 Å². The number of aliphatic hydroxyl groups is 1. The van der Waals surface area contributed by atoms with Crippen molar-refractivity contribution in [1.82, 2.24) is 14.5 Å². The zero-order valence-electron chi connectivity index (χ0n) is 15.0. The minimum atomic E-state index is -1.01. The molecule has 6 nitrogen and oxygen atoms in total. The normalized spacial score (nSPS) is 13.6. The summed E-state index contributed by atoms with van der Waals surface area (Å²) in [6.45, 7) is 7.72. The summed E-state index contributed by atoms with van der Waals surface area (Å²) < 4.78 is 14.1. The Morgan fingerprint density at radius 1 is 1.32 bits per heavy atom. The van der Waals surface area contributed by atoms with Crippen LogP contribution in [0.25, 0.3) is 21.9 Å². The van der Waals surface area contributed by atoms with Crippen molar-refractivity contribution in [2.45, 2.75) is 45.6 Å². The zero-order valence-corrected chi connectivity index (χ0v) is 15.9. The topological polar surface area (TPSA) is 94.0 Å². The lowest BCUT2D eigenvalue weighted by molar-refractivity contribution is 0.0620. The van der Waals surface area contributed by atoms with Gasteiger partial charge in [-0.3, -0.25) is 4.21 Å². The molecule has 0 radical (unpaired) electrons. The Kier molecular flexibility index (Phi) is 4.55. The Bertz CT molecular complexity index is 973. The third-order valence-corrected chi connectivity index (χ3v) is 5.32. The molecule has 0 bridgehead atoms. The van der Waals surface area contributed by atoms with Crippen LogP contribution in [0.1, 0.15) is 32.2 Å². The van der Waals surface area contributed by atoms with Gasteiger partial charge in [0.15, 0.2) is 5.82 Å². The number of anilines is 1. The van der Waals surface area contributed by atoms with Crippen LogP contribution in [0.5, 0.6) is 0 Å². The number of fused-ring (bicyclic) bond motifs is 3. The van der Waals surface area contributed by atoms with E-state index in [-0.39, 0.29) is 0 Å². The number of rotatable bonds is 5. The minimum Gasteiger partial charge on any atom is -0.389 e. The van der Waals surface area contributed by atoms with E-state index in [4.69, 9.17) is 5.73 Å². The number of hydrogen-bond donors (Lipinski definition) is 2. The van der Waals surface area contributed by atoms with Crippen LogP contribution in [0.4, 0.5) is 5.82 Å². The third kappa shape index (κ3) is 3.52. The molecule has 25 heavy (non-hydrogen) atoms. The third-order valence-electron chi connectivity index (χ3n) is 4.10. The highest BCUT2D eigenvalue weighted by atomic mass is 32.2. The van der Waals surface area contributed by atoms with Gasteiger partial charge in [0.1, 0.15) is 11.3 Å². The Hall–Kier alpha value is -1.99. The molecule has 7 heteroatoms. The van der Waals surface area contributed by atoms with E-state index < -0.39 is 16.4 Å². The highest BCUT2D eigenvalue weighted by Gasteiger charge is 2.23. The van der Waals surface area contributed by atoms with Crippen molar-refractivity contribution in [3.05, 3.63) is 29.6 Å². The van der Waals surface area contributed by atoms with Gasteiger partial charge in [-0.1, -0.05) is 19.1 Å². The molecule has 0 saturated heterocycles. The second kappa shape index (κ2) is 6.38. The van der Waals surface area contributed by atoms with Crippen LogP contribution < -0.4 is 5.73 Å². The number of nitrogen functional groups attached to an aromatic ring is 1. The van der Waals surface area contributed by atoms with Crippen LogP contribution in [0.2, 0.25) is 0 Å². The first-order valence-electron chi connectivity index (χ1n) is 8.32. The first-order chi connectivity index (χ1) is 11.7. The molecule has 134 valence electrons. The molecule has 0 amide bonds. The fourth-order valence-electron chi connectivity index (χ4n) is 2.98. The molecule has 0 aliphatic carbocycles. The average molecular weight is 360 g/mol. The Morgan fingerprint density at radius 2 is 2.04 bits per heavy atom. The summed E-state index contributed by atoms with van der Waals surface area (Å²) in [5, 5.41) is 11.3. The number of aromatic nitrogens is 3. The molecule has 2 heterocycles. The van der Waals surface area contributed by atoms with Crippen molar-refractivity contribution in [2.75, 3.05) is 11.5 Å². The number of imidazole rings is 1. The molecule has 0 saturated carbocycles. The molecule has 0 fully saturated rings. The maximum Gasteiger partial charge on any atom is 0.152 e. The fourth-order valence-corrected chi connectivity index (χ4v) is 3.69. The van der Waals surface area contributed by atoms with Crippen molar-refractivity contribution in [1.29, 1.82) is 0 Å². The van der Waals surface area contributed by atoms with Crippen molar-refractivity contribution in [2.24, 2.45) is 0 Å². The van der Waals surface area contributed by atoms with E-state index in [1.165, 1.54) is 0 Å². The van der Waals surface area contributed by atoms with Gasteiger partial charge in [0.25, 0.3) is 0 Å². The molecule has 3 N–H and O–H groups in total. The lowest BCUT2D eigenvalue weighted by Crippen LogP contribution is -2.27. The highest BCUT2D eigenvalue weighted by Crippen LogP contribution is 2.30. The van der Waals surface area contributed by atoms with E-state index in [0.29, 0.717) is 35.2 Å². The summed E-state index contributed by atoms with van der Waals surface area (Å²) in [4.78, 5) is 9.11. The molecule has 1 aromatic carbocycles. The Morgan fingerprint density at radius 3 is 2.68 bits per heavy atom. The van der Waals surface area contributed by atoms with Crippen LogP contribution in [-0.2, 0) is 23.1 Å². The van der Waals surface area contributed by atoms with Gasteiger partial charge in [-0.2, -0.15) is 0 Å². The number of benzene rings is 1. The molecule has 0 spiro atoms. The maximum atomic E-state index is 12.1. The predicted molar refractivity (Wildman–Crippen MR) is 103 cm³/mol. The smallest absolute Gasteiger partial charge is 0.152 e. The monoisotopic (exact) mass is 360 g/mol. The molecule has 0 aliphatic rings. The van der Waals surface area contributed by atoms with Crippen molar-refractivity contribution in [3.8, 4) is 0 Å². The zero-order chi connectivity index (χ0) is 18.4. The second-order valence-corrected chi connectivity index (χ2v) is 8.76. The molecule has 2 aromatic heterocycles. The largest absolute Gasteiger partial charge is 0.389 e. The fraction of sp³-hybridized carbons (Fsp3) is 0.444. The molecular weight excluding hydrogens is 336 g/mol. The first-order valence-corrected chi connectivity index (χ1v) is 9.80. The standard InChI is InChI=1S/C18H24N4O2S/c1-5-25(24)9-14-21-15-16(22(14)10-18(3,4)23)12-7-6-11(2)8-13(12)20-17(15)19/h6-8,23H,5,9-10H2,1-4H3,(H2,19,20). The molecule has 1 unspecified atom stereocenters. The summed E-state index contributed by atoms with van der Waals surface area (Å²) >= 11 is 0. The van der Waals surface area contributed by atoms with Gasteiger partial charge in [-0.25, -0.2) is 9.97 Å². The highest BCUT2D eigenvalue weighted by molar-refractivity contribution is 7.84. The number of nitrogens with zero attached hydrogens (tertiary/aromatic N) is 3. The molecule has 0 aliphatic heterocycles. The van der Waals surface area contributed by atoms with Crippen LogP contribution in [0, 0.1) is 6.92 Å². The minimum absolute atomic E-state index is 0.327. The summed E-state index contributed by atoms with van der Waals surface area (Å²) in [5.74, 6) is 1.90. The summed E-state index contributed by atoms with van der Waals surface area (Å²) in [6, 6.07) is 6.00. The quantitative estimate of drug-likeness (QED) is 0.729. The van der Waals surface area contributed by atoms with E-state index in [0.717, 1.165) is 22.0 Å². The van der Waals surface area contributed by atoms with Crippen LogP contribution in [-0.4, -0.2) is 35.2 Å². The van der Waals surface area contributed by atoms with Crippen molar-refractivity contribution >= 4 is 38.6 Å². The van der Waals surface area contributed by atoms with Gasteiger partial charge in [0.05, 0.1) is 28.9 Å². The van der Waals surface area contributed by atoms with Crippen LogP contribution in [0.3, 0.4) is 0 Å².